The van der Waals surface area contributed by atoms with Gasteiger partial charge in [-0.1, -0.05) is 36.4 Å². The lowest BCUT2D eigenvalue weighted by molar-refractivity contribution is -0.136. The number of esters is 1. The monoisotopic (exact) mass is 439 g/mol. The lowest BCUT2D eigenvalue weighted by Gasteiger charge is -2.18. The Balaban J connectivity index is 2.08. The first-order valence-electron chi connectivity index (χ1n) is 9.44. The van der Waals surface area contributed by atoms with Crippen LogP contribution in [0.4, 0.5) is 5.69 Å². The van der Waals surface area contributed by atoms with Crippen molar-refractivity contribution in [3.63, 3.8) is 0 Å². The van der Waals surface area contributed by atoms with Gasteiger partial charge in [-0.05, 0) is 48.9 Å². The largest absolute Gasteiger partial charge is 0.493 e. The van der Waals surface area contributed by atoms with Gasteiger partial charge in [0.2, 0.25) is 0 Å². The van der Waals surface area contributed by atoms with E-state index in [0.29, 0.717) is 40.1 Å². The topological polar surface area (TPSA) is 65.1 Å². The standard InChI is InChI=1S/C24H22ClNO5/c1-5-11-31-20-10-9-16(13-21(20)29-3)12-19-22(24(28)30-4)15(2)26(23(19)27)18-8-6-7-17(25)14-18/h5-10,12-14H,1,11H2,2-4H3/b19-12+. The number of halogens is 1. The van der Waals surface area contributed by atoms with Crippen molar-refractivity contribution in [2.24, 2.45) is 0 Å². The maximum atomic E-state index is 13.3. The van der Waals surface area contributed by atoms with Gasteiger partial charge in [0.25, 0.3) is 5.91 Å². The summed E-state index contributed by atoms with van der Waals surface area (Å²) in [5, 5.41) is 0.481. The number of anilines is 1. The van der Waals surface area contributed by atoms with Crippen LogP contribution >= 0.6 is 11.6 Å². The highest BCUT2D eigenvalue weighted by Gasteiger charge is 2.38. The smallest absolute Gasteiger partial charge is 0.340 e. The molecule has 0 atom stereocenters. The van der Waals surface area contributed by atoms with E-state index in [9.17, 15) is 9.59 Å². The number of hydrogen-bond donors (Lipinski definition) is 0. The number of allylic oxidation sites excluding steroid dienone is 1. The molecule has 0 bridgehead atoms. The molecule has 0 fully saturated rings. The minimum Gasteiger partial charge on any atom is -0.493 e. The second-order valence-electron chi connectivity index (χ2n) is 6.64. The van der Waals surface area contributed by atoms with Gasteiger partial charge in [-0.2, -0.15) is 0 Å². The Morgan fingerprint density at radius 1 is 1.16 bits per heavy atom. The number of amides is 1. The van der Waals surface area contributed by atoms with Gasteiger partial charge in [0.1, 0.15) is 6.61 Å². The molecule has 0 saturated carbocycles. The zero-order valence-corrected chi connectivity index (χ0v) is 18.2. The van der Waals surface area contributed by atoms with E-state index in [1.54, 1.807) is 61.5 Å². The van der Waals surface area contributed by atoms with E-state index in [4.69, 9.17) is 25.8 Å². The maximum Gasteiger partial charge on any atom is 0.340 e. The van der Waals surface area contributed by atoms with Crippen LogP contribution in [0.25, 0.3) is 6.08 Å². The van der Waals surface area contributed by atoms with Gasteiger partial charge in [0.15, 0.2) is 11.5 Å². The second kappa shape index (κ2) is 9.53. The highest BCUT2D eigenvalue weighted by atomic mass is 35.5. The Labute approximate surface area is 186 Å². The van der Waals surface area contributed by atoms with E-state index in [1.807, 2.05) is 0 Å². The van der Waals surface area contributed by atoms with Gasteiger partial charge in [0.05, 0.1) is 31.1 Å². The van der Waals surface area contributed by atoms with Crippen molar-refractivity contribution in [1.29, 1.82) is 0 Å². The summed E-state index contributed by atoms with van der Waals surface area (Å²) < 4.78 is 15.9. The molecular weight excluding hydrogens is 418 g/mol. The summed E-state index contributed by atoms with van der Waals surface area (Å²) in [6, 6.07) is 12.1. The maximum absolute atomic E-state index is 13.3. The number of ether oxygens (including phenoxy) is 3. The zero-order chi connectivity index (χ0) is 22.5. The van der Waals surface area contributed by atoms with Gasteiger partial charge in [-0.25, -0.2) is 4.79 Å². The van der Waals surface area contributed by atoms with Crippen LogP contribution in [-0.2, 0) is 14.3 Å². The van der Waals surface area contributed by atoms with Gasteiger partial charge in [-0.3, -0.25) is 9.69 Å². The Bertz CT molecular complexity index is 1100. The third kappa shape index (κ3) is 4.49. The Morgan fingerprint density at radius 2 is 1.94 bits per heavy atom. The molecule has 2 aromatic carbocycles. The lowest BCUT2D eigenvalue weighted by atomic mass is 10.0. The lowest BCUT2D eigenvalue weighted by Crippen LogP contribution is -2.24. The number of benzene rings is 2. The van der Waals surface area contributed by atoms with Gasteiger partial charge in [0, 0.05) is 10.7 Å². The fourth-order valence-corrected chi connectivity index (χ4v) is 3.50. The highest BCUT2D eigenvalue weighted by Crippen LogP contribution is 2.37. The molecule has 0 spiro atoms. The summed E-state index contributed by atoms with van der Waals surface area (Å²) >= 11 is 6.10. The van der Waals surface area contributed by atoms with E-state index in [-0.39, 0.29) is 17.1 Å². The Morgan fingerprint density at radius 3 is 2.58 bits per heavy atom. The van der Waals surface area contributed by atoms with Gasteiger partial charge in [-0.15, -0.1) is 0 Å². The van der Waals surface area contributed by atoms with Crippen LogP contribution in [0.15, 0.2) is 72.0 Å². The Hall–Kier alpha value is -3.51. The molecule has 0 saturated heterocycles. The van der Waals surface area contributed by atoms with E-state index < -0.39 is 5.97 Å². The summed E-state index contributed by atoms with van der Waals surface area (Å²) in [6.45, 7) is 5.65. The molecule has 0 aromatic heterocycles. The van der Waals surface area contributed by atoms with Crippen LogP contribution in [0.3, 0.4) is 0 Å². The SMILES string of the molecule is C=CCOc1ccc(/C=C2/C(=O)N(c3cccc(Cl)c3)C(C)=C2C(=O)OC)cc1OC. The summed E-state index contributed by atoms with van der Waals surface area (Å²) in [5.41, 5.74) is 2.09. The normalized spacial score (nSPS) is 14.8. The van der Waals surface area contributed by atoms with Crippen LogP contribution < -0.4 is 14.4 Å². The molecule has 0 aliphatic carbocycles. The molecule has 1 aliphatic rings. The predicted octanol–water partition coefficient (Wildman–Crippen LogP) is 4.79. The molecule has 3 rings (SSSR count). The third-order valence-corrected chi connectivity index (χ3v) is 4.95. The summed E-state index contributed by atoms with van der Waals surface area (Å²) in [6.07, 6.45) is 3.26. The predicted molar refractivity (Wildman–Crippen MR) is 120 cm³/mol. The van der Waals surface area contributed by atoms with Gasteiger partial charge < -0.3 is 14.2 Å². The molecule has 1 amide bonds. The van der Waals surface area contributed by atoms with Crippen LogP contribution in [0, 0.1) is 0 Å². The Kier molecular flexibility index (Phi) is 6.82. The molecule has 1 aliphatic heterocycles. The molecule has 0 unspecified atom stereocenters. The van der Waals surface area contributed by atoms with Crippen molar-refractivity contribution in [2.45, 2.75) is 6.92 Å². The van der Waals surface area contributed by atoms with Crippen molar-refractivity contribution >= 4 is 35.2 Å². The number of rotatable bonds is 7. The van der Waals surface area contributed by atoms with Crippen molar-refractivity contribution in [1.82, 2.24) is 0 Å². The first-order valence-corrected chi connectivity index (χ1v) is 9.82. The van der Waals surface area contributed by atoms with Crippen molar-refractivity contribution in [3.05, 3.63) is 82.5 Å². The number of hydrogen-bond acceptors (Lipinski definition) is 5. The molecular formula is C24H22ClNO5. The van der Waals surface area contributed by atoms with Crippen molar-refractivity contribution in [3.8, 4) is 11.5 Å². The van der Waals surface area contributed by atoms with Crippen LogP contribution in [-0.4, -0.2) is 32.7 Å². The quantitative estimate of drug-likeness (QED) is 0.352. The minimum absolute atomic E-state index is 0.193. The summed E-state index contributed by atoms with van der Waals surface area (Å²) in [7, 11) is 2.81. The zero-order valence-electron chi connectivity index (χ0n) is 17.5. The number of carbonyl (C=O) groups is 2. The van der Waals surface area contributed by atoms with Crippen molar-refractivity contribution in [2.75, 3.05) is 25.7 Å². The van der Waals surface area contributed by atoms with Crippen LogP contribution in [0.5, 0.6) is 11.5 Å². The van der Waals surface area contributed by atoms with Gasteiger partial charge >= 0.3 is 5.97 Å². The van der Waals surface area contributed by atoms with Crippen molar-refractivity contribution < 1.29 is 23.8 Å². The molecule has 160 valence electrons. The van der Waals surface area contributed by atoms with Crippen LogP contribution in [0.1, 0.15) is 12.5 Å². The molecule has 0 radical (unpaired) electrons. The minimum atomic E-state index is -0.598. The highest BCUT2D eigenvalue weighted by molar-refractivity contribution is 6.31. The van der Waals surface area contributed by atoms with Crippen LogP contribution in [0.2, 0.25) is 5.02 Å². The molecule has 6 nitrogen and oxygen atoms in total. The number of methoxy groups -OCH3 is 2. The van der Waals surface area contributed by atoms with E-state index in [1.165, 1.54) is 19.1 Å². The summed E-state index contributed by atoms with van der Waals surface area (Å²) in [4.78, 5) is 27.3. The molecule has 2 aromatic rings. The number of nitrogens with zero attached hydrogens (tertiary/aromatic N) is 1. The average Bonchev–Trinajstić information content (AvgIpc) is 3.01. The fraction of sp³-hybridized carbons (Fsp3) is 0.167. The van der Waals surface area contributed by atoms with E-state index >= 15 is 0 Å². The first kappa shape index (κ1) is 22.2. The van der Waals surface area contributed by atoms with E-state index in [2.05, 4.69) is 6.58 Å². The fourth-order valence-electron chi connectivity index (χ4n) is 3.31. The molecule has 7 heteroatoms. The second-order valence-corrected chi connectivity index (χ2v) is 7.08. The average molecular weight is 440 g/mol. The molecule has 31 heavy (non-hydrogen) atoms. The first-order chi connectivity index (χ1) is 14.9. The molecule has 0 N–H and O–H groups in total. The summed E-state index contributed by atoms with van der Waals surface area (Å²) in [5.74, 6) is 0.0853. The third-order valence-electron chi connectivity index (χ3n) is 4.71. The molecule has 1 heterocycles. The van der Waals surface area contributed by atoms with E-state index in [0.717, 1.165) is 0 Å². The number of carbonyl (C=O) groups excluding carboxylic acids is 2.